The van der Waals surface area contributed by atoms with Crippen LogP contribution in [0.4, 0.5) is 0 Å². The van der Waals surface area contributed by atoms with Crippen LogP contribution < -0.4 is 11.2 Å². The molecule has 184 valence electrons. The van der Waals surface area contributed by atoms with E-state index < -0.39 is 30.5 Å². The van der Waals surface area contributed by atoms with Gasteiger partial charge in [-0.05, 0) is 6.92 Å². The van der Waals surface area contributed by atoms with Crippen LogP contribution in [0.1, 0.15) is 5.56 Å². The zero-order valence-corrected chi connectivity index (χ0v) is 19.2. The zero-order valence-electron chi connectivity index (χ0n) is 19.2. The first-order chi connectivity index (χ1) is 15.9. The van der Waals surface area contributed by atoms with E-state index in [1.54, 1.807) is 13.1 Å². The van der Waals surface area contributed by atoms with Crippen LogP contribution in [0.25, 0.3) is 0 Å². The molecule has 4 aliphatic heterocycles. The summed E-state index contributed by atoms with van der Waals surface area (Å²) in [5, 5.41) is 0. The number of methoxy groups -OCH3 is 4. The van der Waals surface area contributed by atoms with Crippen molar-refractivity contribution < 1.29 is 37.9 Å². The lowest BCUT2D eigenvalue weighted by Crippen LogP contribution is -2.46. The monoisotopic (exact) mass is 470 g/mol. The van der Waals surface area contributed by atoms with Gasteiger partial charge in [0.2, 0.25) is 0 Å². The Labute approximate surface area is 190 Å². The first-order valence-corrected chi connectivity index (χ1v) is 11.0. The number of epoxide rings is 2. The average molecular weight is 470 g/mol. The van der Waals surface area contributed by atoms with Crippen LogP contribution in [-0.2, 0) is 51.0 Å². The number of nitrogens with zero attached hydrogens (tertiary/aromatic N) is 2. The summed E-state index contributed by atoms with van der Waals surface area (Å²) in [6.07, 6.45) is -1.85. The fourth-order valence-corrected chi connectivity index (χ4v) is 5.04. The number of fused-ring (bicyclic) bond motifs is 2. The predicted molar refractivity (Wildman–Crippen MR) is 110 cm³/mol. The third-order valence-corrected chi connectivity index (χ3v) is 6.78. The highest BCUT2D eigenvalue weighted by Gasteiger charge is 2.61. The second kappa shape index (κ2) is 8.86. The van der Waals surface area contributed by atoms with Gasteiger partial charge >= 0.3 is 5.69 Å². The maximum atomic E-state index is 13.2. The Kier molecular flexibility index (Phi) is 6.20. The average Bonchev–Trinajstić information content (AvgIpc) is 3.72. The molecule has 12 heteroatoms. The number of hydrogen-bond acceptors (Lipinski definition) is 10. The Morgan fingerprint density at radius 2 is 1.27 bits per heavy atom. The van der Waals surface area contributed by atoms with Crippen LogP contribution in [-0.4, -0.2) is 99.0 Å². The van der Waals surface area contributed by atoms with E-state index in [9.17, 15) is 9.59 Å². The van der Waals surface area contributed by atoms with Crippen LogP contribution in [0.3, 0.4) is 0 Å². The second-order valence-electron chi connectivity index (χ2n) is 8.75. The van der Waals surface area contributed by atoms with Crippen molar-refractivity contribution in [3.63, 3.8) is 0 Å². The highest BCUT2D eigenvalue weighted by molar-refractivity contribution is 5.09. The number of aromatic nitrogens is 2. The van der Waals surface area contributed by atoms with Gasteiger partial charge in [0.1, 0.15) is 48.8 Å². The van der Waals surface area contributed by atoms with Crippen molar-refractivity contribution in [3.05, 3.63) is 32.6 Å². The Morgan fingerprint density at radius 3 is 1.76 bits per heavy atom. The van der Waals surface area contributed by atoms with Crippen molar-refractivity contribution in [1.82, 2.24) is 9.13 Å². The SMILES string of the molecule is COC(OC)[C@@H]1O[C@@H](Cn2cc(C)c(=O)n(C[C@@H]3O[C@@H](C(OC)OC)[C@@H]4O[C@@H]43)c2=O)[C@H]2O[C@H]21. The van der Waals surface area contributed by atoms with E-state index in [0.717, 1.165) is 0 Å². The summed E-state index contributed by atoms with van der Waals surface area (Å²) in [6, 6.07) is 0. The van der Waals surface area contributed by atoms with Gasteiger partial charge in [0.25, 0.3) is 5.56 Å². The predicted octanol–water partition coefficient (Wildman–Crippen LogP) is -1.37. The summed E-state index contributed by atoms with van der Waals surface area (Å²) >= 11 is 0. The summed E-state index contributed by atoms with van der Waals surface area (Å²) in [6.45, 7) is 1.99. The van der Waals surface area contributed by atoms with Crippen molar-refractivity contribution in [2.24, 2.45) is 0 Å². The Morgan fingerprint density at radius 1 is 0.788 bits per heavy atom. The molecule has 0 amide bonds. The van der Waals surface area contributed by atoms with Gasteiger partial charge in [-0.3, -0.25) is 13.9 Å². The van der Waals surface area contributed by atoms with Crippen molar-refractivity contribution in [3.8, 4) is 0 Å². The van der Waals surface area contributed by atoms with Gasteiger partial charge in [-0.1, -0.05) is 0 Å². The quantitative estimate of drug-likeness (QED) is 0.299. The molecule has 0 unspecified atom stereocenters. The first kappa shape index (κ1) is 23.1. The highest BCUT2D eigenvalue weighted by Crippen LogP contribution is 2.42. The van der Waals surface area contributed by atoms with Gasteiger partial charge in [-0.25, -0.2) is 4.79 Å². The van der Waals surface area contributed by atoms with E-state index in [-0.39, 0.29) is 55.3 Å². The molecule has 0 N–H and O–H groups in total. The van der Waals surface area contributed by atoms with E-state index in [4.69, 9.17) is 37.9 Å². The summed E-state index contributed by atoms with van der Waals surface area (Å²) < 4.78 is 47.4. The van der Waals surface area contributed by atoms with Crippen molar-refractivity contribution in [2.45, 2.75) is 81.4 Å². The molecule has 1 aromatic rings. The molecule has 5 rings (SSSR count). The van der Waals surface area contributed by atoms with Gasteiger partial charge in [-0.2, -0.15) is 0 Å². The molecular formula is C21H30N2O10. The second-order valence-corrected chi connectivity index (χ2v) is 8.75. The van der Waals surface area contributed by atoms with E-state index in [1.807, 2.05) is 0 Å². The van der Waals surface area contributed by atoms with E-state index in [2.05, 4.69) is 0 Å². The van der Waals surface area contributed by atoms with Gasteiger partial charge in [0.05, 0.1) is 13.1 Å². The highest BCUT2D eigenvalue weighted by atomic mass is 16.7. The minimum absolute atomic E-state index is 0.0727. The van der Waals surface area contributed by atoms with E-state index in [0.29, 0.717) is 5.56 Å². The number of ether oxygens (including phenoxy) is 8. The normalized spacial score (nSPS) is 36.5. The van der Waals surface area contributed by atoms with Crippen LogP contribution in [0.5, 0.6) is 0 Å². The topological polar surface area (TPSA) is 124 Å². The molecule has 4 saturated heterocycles. The van der Waals surface area contributed by atoms with Crippen LogP contribution in [0.2, 0.25) is 0 Å². The van der Waals surface area contributed by atoms with Gasteiger partial charge in [0.15, 0.2) is 12.6 Å². The summed E-state index contributed by atoms with van der Waals surface area (Å²) in [4.78, 5) is 26.1. The first-order valence-electron chi connectivity index (χ1n) is 11.0. The van der Waals surface area contributed by atoms with Crippen molar-refractivity contribution >= 4 is 0 Å². The fourth-order valence-electron chi connectivity index (χ4n) is 5.04. The van der Waals surface area contributed by atoms with Crippen molar-refractivity contribution in [1.29, 1.82) is 0 Å². The molecule has 5 heterocycles. The lowest BCUT2D eigenvalue weighted by atomic mass is 10.2. The molecule has 33 heavy (non-hydrogen) atoms. The Hall–Kier alpha value is -1.64. The standard InChI is InChI=1S/C21H30N2O10/c1-9-6-22(7-10-12-14(32-12)16(30-10)19(26-2)27-3)21(25)23(18(9)24)8-11-13-15(33-13)17(31-11)20(28-4)29-5/h6,10-17,19-20H,7-8H2,1-5H3/t10-,11-,12+,13+,14+,15+,16+,17+/m0/s1. The molecular weight excluding hydrogens is 440 g/mol. The number of aryl methyl sites for hydroxylation is 1. The van der Waals surface area contributed by atoms with Crippen LogP contribution in [0, 0.1) is 6.92 Å². The maximum absolute atomic E-state index is 13.2. The largest absolute Gasteiger partial charge is 0.364 e. The molecule has 0 saturated carbocycles. The van der Waals surface area contributed by atoms with Crippen LogP contribution >= 0.6 is 0 Å². The minimum Gasteiger partial charge on any atom is -0.364 e. The molecule has 0 radical (unpaired) electrons. The van der Waals surface area contributed by atoms with Crippen LogP contribution in [0.15, 0.2) is 15.8 Å². The number of rotatable bonds is 10. The molecule has 8 atom stereocenters. The molecule has 0 spiro atoms. The fraction of sp³-hybridized carbons (Fsp3) is 0.810. The molecule has 4 aliphatic rings. The van der Waals surface area contributed by atoms with Gasteiger partial charge < -0.3 is 37.9 Å². The molecule has 0 bridgehead atoms. The third kappa shape index (κ3) is 3.98. The molecule has 12 nitrogen and oxygen atoms in total. The van der Waals surface area contributed by atoms with Gasteiger partial charge in [-0.15, -0.1) is 0 Å². The maximum Gasteiger partial charge on any atom is 0.331 e. The lowest BCUT2D eigenvalue weighted by molar-refractivity contribution is -0.197. The zero-order chi connectivity index (χ0) is 23.4. The van der Waals surface area contributed by atoms with Gasteiger partial charge in [0, 0.05) is 40.2 Å². The van der Waals surface area contributed by atoms with Crippen molar-refractivity contribution in [2.75, 3.05) is 28.4 Å². The minimum atomic E-state index is -0.585. The molecule has 4 fully saturated rings. The Bertz CT molecular complexity index is 986. The molecule has 0 aromatic carbocycles. The summed E-state index contributed by atoms with van der Waals surface area (Å²) in [5.74, 6) is 0. The third-order valence-electron chi connectivity index (χ3n) is 6.78. The smallest absolute Gasteiger partial charge is 0.331 e. The van der Waals surface area contributed by atoms with E-state index in [1.165, 1.54) is 37.6 Å². The molecule has 0 aliphatic carbocycles. The number of hydrogen-bond donors (Lipinski definition) is 0. The summed E-state index contributed by atoms with van der Waals surface area (Å²) in [5.41, 5.74) is -0.358. The van der Waals surface area contributed by atoms with E-state index >= 15 is 0 Å². The lowest BCUT2D eigenvalue weighted by Gasteiger charge is -2.25. The Balaban J connectivity index is 1.32. The molecule has 1 aromatic heterocycles. The summed E-state index contributed by atoms with van der Waals surface area (Å²) in [7, 11) is 6.13.